The van der Waals surface area contributed by atoms with Gasteiger partial charge in [0.2, 0.25) is 0 Å². The van der Waals surface area contributed by atoms with Crippen LogP contribution in [0.3, 0.4) is 0 Å². The Labute approximate surface area is 98.5 Å². The van der Waals surface area contributed by atoms with E-state index in [0.29, 0.717) is 0 Å². The molecule has 0 aliphatic heterocycles. The Balaban J connectivity index is 2.06. The first kappa shape index (κ1) is 13.2. The number of nitrogens with zero attached hydrogens (tertiary/aromatic N) is 2. The zero-order valence-corrected chi connectivity index (χ0v) is 10.7. The maximum absolute atomic E-state index is 4.25. The van der Waals surface area contributed by atoms with Gasteiger partial charge in [-0.05, 0) is 39.5 Å². The standard InChI is InChI=1S/C12H24N4/c1-4-16(5-2)8-6-7-13-9-12-11(3)14-10-15-12/h10,13H,4-9H2,1-3H3,(H,14,15). The molecule has 0 aromatic carbocycles. The average molecular weight is 224 g/mol. The monoisotopic (exact) mass is 224 g/mol. The maximum atomic E-state index is 4.25. The van der Waals surface area contributed by atoms with Gasteiger partial charge in [0, 0.05) is 12.2 Å². The highest BCUT2D eigenvalue weighted by molar-refractivity contribution is 5.07. The van der Waals surface area contributed by atoms with Crippen LogP contribution in [0.2, 0.25) is 0 Å². The molecule has 0 aliphatic carbocycles. The lowest BCUT2D eigenvalue weighted by Gasteiger charge is -2.17. The minimum absolute atomic E-state index is 0.869. The summed E-state index contributed by atoms with van der Waals surface area (Å²) >= 11 is 0. The number of rotatable bonds is 8. The van der Waals surface area contributed by atoms with E-state index in [1.807, 2.05) is 0 Å². The van der Waals surface area contributed by atoms with Gasteiger partial charge in [0.25, 0.3) is 0 Å². The summed E-state index contributed by atoms with van der Waals surface area (Å²) in [5, 5.41) is 3.42. The number of imidazole rings is 1. The Bertz CT molecular complexity index is 278. The largest absolute Gasteiger partial charge is 0.348 e. The molecule has 1 heterocycles. The van der Waals surface area contributed by atoms with Crippen molar-refractivity contribution in [3.63, 3.8) is 0 Å². The Hall–Kier alpha value is -0.870. The number of H-pyrrole nitrogens is 1. The summed E-state index contributed by atoms with van der Waals surface area (Å²) in [4.78, 5) is 9.78. The summed E-state index contributed by atoms with van der Waals surface area (Å²) in [6, 6.07) is 0. The SMILES string of the molecule is CCN(CC)CCCNCc1nc[nH]c1C. The zero-order chi connectivity index (χ0) is 11.8. The van der Waals surface area contributed by atoms with Gasteiger partial charge in [-0.15, -0.1) is 0 Å². The van der Waals surface area contributed by atoms with E-state index in [1.54, 1.807) is 6.33 Å². The van der Waals surface area contributed by atoms with Crippen LogP contribution in [0.25, 0.3) is 0 Å². The smallest absolute Gasteiger partial charge is 0.0925 e. The van der Waals surface area contributed by atoms with Crippen molar-refractivity contribution < 1.29 is 0 Å². The van der Waals surface area contributed by atoms with Crippen molar-refractivity contribution in [3.8, 4) is 0 Å². The Morgan fingerprint density at radius 2 is 2.12 bits per heavy atom. The van der Waals surface area contributed by atoms with Crippen LogP contribution >= 0.6 is 0 Å². The third-order valence-electron chi connectivity index (χ3n) is 2.95. The van der Waals surface area contributed by atoms with Crippen LogP contribution in [-0.2, 0) is 6.54 Å². The predicted molar refractivity (Wildman–Crippen MR) is 67.4 cm³/mol. The van der Waals surface area contributed by atoms with Crippen molar-refractivity contribution in [2.75, 3.05) is 26.2 Å². The molecule has 1 aromatic rings. The normalized spacial score (nSPS) is 11.2. The van der Waals surface area contributed by atoms with E-state index < -0.39 is 0 Å². The maximum Gasteiger partial charge on any atom is 0.0925 e. The van der Waals surface area contributed by atoms with Crippen LogP contribution in [0.4, 0.5) is 0 Å². The van der Waals surface area contributed by atoms with Crippen LogP contribution in [0, 0.1) is 6.92 Å². The van der Waals surface area contributed by atoms with Crippen LogP contribution in [0.15, 0.2) is 6.33 Å². The fraction of sp³-hybridized carbons (Fsp3) is 0.750. The van der Waals surface area contributed by atoms with Crippen LogP contribution in [0.5, 0.6) is 0 Å². The third-order valence-corrected chi connectivity index (χ3v) is 2.95. The molecule has 1 rings (SSSR count). The van der Waals surface area contributed by atoms with E-state index in [9.17, 15) is 0 Å². The van der Waals surface area contributed by atoms with Crippen molar-refractivity contribution >= 4 is 0 Å². The van der Waals surface area contributed by atoms with Gasteiger partial charge < -0.3 is 15.2 Å². The lowest BCUT2D eigenvalue weighted by atomic mass is 10.3. The second-order valence-corrected chi connectivity index (χ2v) is 4.03. The highest BCUT2D eigenvalue weighted by Gasteiger charge is 2.00. The van der Waals surface area contributed by atoms with Gasteiger partial charge in [0.05, 0.1) is 12.0 Å². The Morgan fingerprint density at radius 1 is 1.38 bits per heavy atom. The summed E-state index contributed by atoms with van der Waals surface area (Å²) in [5.41, 5.74) is 2.29. The molecule has 4 heteroatoms. The quantitative estimate of drug-likeness (QED) is 0.658. The number of aromatic nitrogens is 2. The number of nitrogens with one attached hydrogen (secondary N) is 2. The highest BCUT2D eigenvalue weighted by Crippen LogP contribution is 1.99. The molecular formula is C12H24N4. The molecular weight excluding hydrogens is 200 g/mol. The van der Waals surface area contributed by atoms with Crippen molar-refractivity contribution in [3.05, 3.63) is 17.7 Å². The number of hydrogen-bond acceptors (Lipinski definition) is 3. The summed E-state index contributed by atoms with van der Waals surface area (Å²) in [6.07, 6.45) is 2.95. The second kappa shape index (κ2) is 7.41. The molecule has 4 nitrogen and oxygen atoms in total. The fourth-order valence-corrected chi connectivity index (χ4v) is 1.74. The van der Waals surface area contributed by atoms with E-state index in [1.165, 1.54) is 13.0 Å². The minimum Gasteiger partial charge on any atom is -0.348 e. The molecule has 16 heavy (non-hydrogen) atoms. The summed E-state index contributed by atoms with van der Waals surface area (Å²) in [7, 11) is 0. The lowest BCUT2D eigenvalue weighted by Crippen LogP contribution is -2.27. The molecule has 0 saturated heterocycles. The Morgan fingerprint density at radius 3 is 2.69 bits per heavy atom. The highest BCUT2D eigenvalue weighted by atomic mass is 15.1. The molecule has 0 aliphatic rings. The molecule has 0 amide bonds. The first-order valence-electron chi connectivity index (χ1n) is 6.19. The van der Waals surface area contributed by atoms with Gasteiger partial charge in [-0.2, -0.15) is 0 Å². The number of aryl methyl sites for hydroxylation is 1. The molecule has 1 aromatic heterocycles. The van der Waals surface area contributed by atoms with Gasteiger partial charge in [0.15, 0.2) is 0 Å². The summed E-state index contributed by atoms with van der Waals surface area (Å²) in [6.45, 7) is 11.9. The third kappa shape index (κ3) is 4.33. The van der Waals surface area contributed by atoms with Gasteiger partial charge >= 0.3 is 0 Å². The lowest BCUT2D eigenvalue weighted by molar-refractivity contribution is 0.298. The molecule has 0 saturated carbocycles. The van der Waals surface area contributed by atoms with Gasteiger partial charge in [-0.3, -0.25) is 0 Å². The number of aromatic amines is 1. The Kier molecular flexibility index (Phi) is 6.11. The van der Waals surface area contributed by atoms with E-state index in [0.717, 1.165) is 37.6 Å². The molecule has 0 bridgehead atoms. The van der Waals surface area contributed by atoms with Crippen molar-refractivity contribution in [2.45, 2.75) is 33.7 Å². The topological polar surface area (TPSA) is 44.0 Å². The van der Waals surface area contributed by atoms with Gasteiger partial charge in [-0.25, -0.2) is 4.98 Å². The molecule has 0 unspecified atom stereocenters. The number of hydrogen-bond donors (Lipinski definition) is 2. The minimum atomic E-state index is 0.869. The summed E-state index contributed by atoms with van der Waals surface area (Å²) < 4.78 is 0. The van der Waals surface area contributed by atoms with E-state index in [4.69, 9.17) is 0 Å². The van der Waals surface area contributed by atoms with Gasteiger partial charge in [-0.1, -0.05) is 13.8 Å². The van der Waals surface area contributed by atoms with Crippen molar-refractivity contribution in [1.29, 1.82) is 0 Å². The second-order valence-electron chi connectivity index (χ2n) is 4.03. The molecule has 92 valence electrons. The molecule has 2 N–H and O–H groups in total. The first-order chi connectivity index (χ1) is 7.77. The zero-order valence-electron chi connectivity index (χ0n) is 10.7. The predicted octanol–water partition coefficient (Wildman–Crippen LogP) is 1.54. The fourth-order valence-electron chi connectivity index (χ4n) is 1.74. The molecule has 0 spiro atoms. The van der Waals surface area contributed by atoms with E-state index in [-0.39, 0.29) is 0 Å². The molecule has 0 atom stereocenters. The van der Waals surface area contributed by atoms with Crippen LogP contribution in [-0.4, -0.2) is 41.0 Å². The van der Waals surface area contributed by atoms with Gasteiger partial charge in [0.1, 0.15) is 0 Å². The van der Waals surface area contributed by atoms with Crippen LogP contribution < -0.4 is 5.32 Å². The van der Waals surface area contributed by atoms with E-state index in [2.05, 4.69) is 41.0 Å². The molecule has 0 fully saturated rings. The summed E-state index contributed by atoms with van der Waals surface area (Å²) in [5.74, 6) is 0. The van der Waals surface area contributed by atoms with Crippen LogP contribution in [0.1, 0.15) is 31.7 Å². The van der Waals surface area contributed by atoms with Crippen molar-refractivity contribution in [1.82, 2.24) is 20.2 Å². The van der Waals surface area contributed by atoms with E-state index >= 15 is 0 Å². The average Bonchev–Trinajstić information content (AvgIpc) is 2.70. The first-order valence-corrected chi connectivity index (χ1v) is 6.19. The molecule has 0 radical (unpaired) electrons. The van der Waals surface area contributed by atoms with Crippen molar-refractivity contribution in [2.24, 2.45) is 0 Å².